The van der Waals surface area contributed by atoms with Gasteiger partial charge in [-0.05, 0) is 39.2 Å². The van der Waals surface area contributed by atoms with E-state index in [4.69, 9.17) is 4.99 Å². The third-order valence-electron chi connectivity index (χ3n) is 4.68. The highest BCUT2D eigenvalue weighted by Crippen LogP contribution is 2.20. The molecule has 27 heavy (non-hydrogen) atoms. The van der Waals surface area contributed by atoms with E-state index in [9.17, 15) is 4.79 Å². The molecule has 1 aliphatic heterocycles. The second-order valence-electron chi connectivity index (χ2n) is 7.33. The van der Waals surface area contributed by atoms with Crippen LogP contribution in [-0.2, 0) is 4.79 Å². The maximum atomic E-state index is 12.0. The summed E-state index contributed by atoms with van der Waals surface area (Å²) in [7, 11) is 1.67. The third kappa shape index (κ3) is 7.16. The quantitative estimate of drug-likeness (QED) is 0.382. The van der Waals surface area contributed by atoms with Crippen LogP contribution in [0.2, 0.25) is 0 Å². The molecule has 0 radical (unpaired) electrons. The first kappa shape index (κ1) is 23.5. The minimum Gasteiger partial charge on any atom is -0.359 e. The van der Waals surface area contributed by atoms with Crippen molar-refractivity contribution >= 4 is 41.9 Å². The molecule has 0 aliphatic carbocycles. The Morgan fingerprint density at radius 1 is 1.22 bits per heavy atom. The van der Waals surface area contributed by atoms with Gasteiger partial charge in [-0.1, -0.05) is 42.0 Å². The number of aliphatic imine (C=N–C) groups is 1. The van der Waals surface area contributed by atoms with E-state index in [1.165, 1.54) is 11.1 Å². The van der Waals surface area contributed by atoms with Gasteiger partial charge in [-0.2, -0.15) is 0 Å². The largest absolute Gasteiger partial charge is 0.359 e. The van der Waals surface area contributed by atoms with Crippen molar-refractivity contribution in [2.45, 2.75) is 33.6 Å². The lowest BCUT2D eigenvalue weighted by Crippen LogP contribution is -2.45. The van der Waals surface area contributed by atoms with E-state index < -0.39 is 5.41 Å². The van der Waals surface area contributed by atoms with Crippen molar-refractivity contribution in [2.75, 3.05) is 33.2 Å². The number of hydrogen-bond donors (Lipinski definition) is 2. The van der Waals surface area contributed by atoms with Gasteiger partial charge >= 0.3 is 0 Å². The number of carbonyl (C=O) groups is 1. The molecule has 2 N–H and O–H groups in total. The van der Waals surface area contributed by atoms with Crippen molar-refractivity contribution in [2.24, 2.45) is 10.4 Å². The van der Waals surface area contributed by atoms with Gasteiger partial charge in [-0.15, -0.1) is 24.0 Å². The number of carbonyl (C=O) groups excluding carboxylic acids is 1. The molecule has 0 bridgehead atoms. The molecule has 1 aromatic rings. The van der Waals surface area contributed by atoms with Crippen molar-refractivity contribution in [1.29, 1.82) is 0 Å². The third-order valence-corrected chi connectivity index (χ3v) is 4.68. The average molecular weight is 484 g/mol. The Labute approximate surface area is 180 Å². The van der Waals surface area contributed by atoms with E-state index in [1.54, 1.807) is 7.05 Å². The van der Waals surface area contributed by atoms with Crippen LogP contribution in [-0.4, -0.2) is 50.0 Å². The van der Waals surface area contributed by atoms with Gasteiger partial charge in [-0.25, -0.2) is 0 Å². The molecule has 0 unspecified atom stereocenters. The summed E-state index contributed by atoms with van der Waals surface area (Å²) >= 11 is 0. The Kier molecular flexibility index (Phi) is 9.83. The molecule has 6 heteroatoms. The number of likely N-dealkylation sites (tertiary alicyclic amines) is 1. The van der Waals surface area contributed by atoms with Gasteiger partial charge in [0.1, 0.15) is 0 Å². The zero-order valence-corrected chi connectivity index (χ0v) is 19.2. The van der Waals surface area contributed by atoms with Gasteiger partial charge in [0.15, 0.2) is 5.96 Å². The molecular formula is C21H33IN4O. The average Bonchev–Trinajstić information content (AvgIpc) is 2.66. The number of nitrogens with one attached hydrogen (secondary N) is 2. The summed E-state index contributed by atoms with van der Waals surface area (Å²) in [6.45, 7) is 9.12. The Hall–Kier alpha value is -1.57. The maximum Gasteiger partial charge on any atom is 0.227 e. The van der Waals surface area contributed by atoms with Gasteiger partial charge in [0.05, 0.1) is 12.0 Å². The Morgan fingerprint density at radius 2 is 1.85 bits per heavy atom. The smallest absolute Gasteiger partial charge is 0.227 e. The highest BCUT2D eigenvalue weighted by atomic mass is 127. The standard InChI is InChI=1S/C21H32N4O.HI/c1-5-23-20(24-16-21(2,3)19(26)22-4)25-13-11-18(12-14-25)15-17-9-7-6-8-10-17;/h6-10,15H,5,11-14,16H2,1-4H3,(H,22,26)(H,23,24);1H. The summed E-state index contributed by atoms with van der Waals surface area (Å²) in [5.41, 5.74) is 2.24. The molecule has 1 fully saturated rings. The highest BCUT2D eigenvalue weighted by Gasteiger charge is 2.27. The summed E-state index contributed by atoms with van der Waals surface area (Å²) in [4.78, 5) is 19.0. The van der Waals surface area contributed by atoms with E-state index in [0.29, 0.717) is 6.54 Å². The number of guanidine groups is 1. The molecule has 0 spiro atoms. The van der Waals surface area contributed by atoms with Crippen LogP contribution < -0.4 is 10.6 Å². The molecule has 150 valence electrons. The van der Waals surface area contributed by atoms with Crippen LogP contribution in [0.15, 0.2) is 40.9 Å². The van der Waals surface area contributed by atoms with Crippen LogP contribution in [0.3, 0.4) is 0 Å². The van der Waals surface area contributed by atoms with Crippen LogP contribution in [0, 0.1) is 5.41 Å². The molecule has 1 saturated heterocycles. The predicted octanol–water partition coefficient (Wildman–Crippen LogP) is 3.52. The van der Waals surface area contributed by atoms with E-state index in [0.717, 1.165) is 38.4 Å². The lowest BCUT2D eigenvalue weighted by atomic mass is 9.93. The summed E-state index contributed by atoms with van der Waals surface area (Å²) < 4.78 is 0. The van der Waals surface area contributed by atoms with E-state index in [2.05, 4.69) is 52.8 Å². The SMILES string of the molecule is CCNC(=NCC(C)(C)C(=O)NC)N1CCC(=Cc2ccccc2)CC1.I. The molecule has 1 aliphatic rings. The number of nitrogens with zero attached hydrogens (tertiary/aromatic N) is 2. The van der Waals surface area contributed by atoms with Gasteiger partial charge in [0.25, 0.3) is 0 Å². The minimum absolute atomic E-state index is 0. The summed E-state index contributed by atoms with van der Waals surface area (Å²) in [5, 5.41) is 6.09. The second kappa shape index (κ2) is 11.3. The van der Waals surface area contributed by atoms with Gasteiger partial charge in [0, 0.05) is 26.7 Å². The van der Waals surface area contributed by atoms with Crippen molar-refractivity contribution in [3.8, 4) is 0 Å². The number of amides is 1. The molecule has 1 heterocycles. The molecule has 0 atom stereocenters. The van der Waals surface area contributed by atoms with Crippen molar-refractivity contribution in [3.05, 3.63) is 41.5 Å². The number of rotatable bonds is 5. The lowest BCUT2D eigenvalue weighted by molar-refractivity contribution is -0.128. The number of halogens is 1. The fourth-order valence-electron chi connectivity index (χ4n) is 3.04. The first-order valence-corrected chi connectivity index (χ1v) is 9.46. The number of benzene rings is 1. The number of hydrogen-bond acceptors (Lipinski definition) is 2. The first-order chi connectivity index (χ1) is 12.5. The van der Waals surface area contributed by atoms with Crippen LogP contribution in [0.5, 0.6) is 0 Å². The molecule has 0 aromatic heterocycles. The van der Waals surface area contributed by atoms with Crippen LogP contribution in [0.25, 0.3) is 6.08 Å². The molecule has 2 rings (SSSR count). The van der Waals surface area contributed by atoms with Crippen molar-refractivity contribution < 1.29 is 4.79 Å². The monoisotopic (exact) mass is 484 g/mol. The fourth-order valence-corrected chi connectivity index (χ4v) is 3.04. The lowest BCUT2D eigenvalue weighted by Gasteiger charge is -2.32. The summed E-state index contributed by atoms with van der Waals surface area (Å²) in [6.07, 6.45) is 4.38. The second-order valence-corrected chi connectivity index (χ2v) is 7.33. The highest BCUT2D eigenvalue weighted by molar-refractivity contribution is 14.0. The molecule has 1 aromatic carbocycles. The van der Waals surface area contributed by atoms with Gasteiger partial charge in [-0.3, -0.25) is 9.79 Å². The van der Waals surface area contributed by atoms with Crippen LogP contribution >= 0.6 is 24.0 Å². The summed E-state index contributed by atoms with van der Waals surface area (Å²) in [5.74, 6) is 0.923. The van der Waals surface area contributed by atoms with Crippen LogP contribution in [0.1, 0.15) is 39.2 Å². The molecular weight excluding hydrogens is 451 g/mol. The topological polar surface area (TPSA) is 56.7 Å². The Balaban J connectivity index is 0.00000364. The first-order valence-electron chi connectivity index (χ1n) is 9.46. The predicted molar refractivity (Wildman–Crippen MR) is 124 cm³/mol. The van der Waals surface area contributed by atoms with E-state index in [-0.39, 0.29) is 29.9 Å². The van der Waals surface area contributed by atoms with Crippen molar-refractivity contribution in [1.82, 2.24) is 15.5 Å². The molecule has 1 amide bonds. The van der Waals surface area contributed by atoms with E-state index >= 15 is 0 Å². The Bertz CT molecular complexity index is 645. The van der Waals surface area contributed by atoms with E-state index in [1.807, 2.05) is 19.9 Å². The van der Waals surface area contributed by atoms with Gasteiger partial charge < -0.3 is 15.5 Å². The fraction of sp³-hybridized carbons (Fsp3) is 0.524. The normalized spacial score (nSPS) is 15.0. The number of piperidine rings is 1. The maximum absolute atomic E-state index is 12.0. The zero-order valence-electron chi connectivity index (χ0n) is 16.9. The van der Waals surface area contributed by atoms with Crippen molar-refractivity contribution in [3.63, 3.8) is 0 Å². The van der Waals surface area contributed by atoms with Gasteiger partial charge in [0.2, 0.25) is 5.91 Å². The Morgan fingerprint density at radius 3 is 2.41 bits per heavy atom. The van der Waals surface area contributed by atoms with Crippen LogP contribution in [0.4, 0.5) is 0 Å². The molecule has 0 saturated carbocycles. The zero-order chi connectivity index (χ0) is 19.0. The summed E-state index contributed by atoms with van der Waals surface area (Å²) in [6, 6.07) is 10.5. The molecule has 5 nitrogen and oxygen atoms in total. The minimum atomic E-state index is -0.510.